The molecule has 0 radical (unpaired) electrons. The molecule has 1 rings (SSSR count). The van der Waals surface area contributed by atoms with Crippen molar-refractivity contribution < 1.29 is 32.6 Å². The van der Waals surface area contributed by atoms with Crippen LogP contribution in [0, 0.1) is 5.92 Å². The van der Waals surface area contributed by atoms with E-state index in [2.05, 4.69) is 5.32 Å². The molecule has 0 saturated carbocycles. The summed E-state index contributed by atoms with van der Waals surface area (Å²) in [5, 5.41) is 17.0. The van der Waals surface area contributed by atoms with Crippen molar-refractivity contribution in [1.82, 2.24) is 10.2 Å². The largest absolute Gasteiger partial charge is 0.480 e. The van der Waals surface area contributed by atoms with E-state index in [0.717, 1.165) is 0 Å². The Balaban J connectivity index is 2.45. The fourth-order valence-corrected chi connectivity index (χ4v) is 3.81. The number of rotatable bonds is 9. The summed E-state index contributed by atoms with van der Waals surface area (Å²) in [6.45, 7) is 5.63. The van der Waals surface area contributed by atoms with E-state index in [1.165, 1.54) is 4.90 Å². The van der Waals surface area contributed by atoms with E-state index in [1.807, 2.05) is 0 Å². The van der Waals surface area contributed by atoms with Gasteiger partial charge in [-0.3, -0.25) is 4.79 Å². The van der Waals surface area contributed by atoms with Crippen LogP contribution in [0.15, 0.2) is 0 Å². The number of primary sulfonamides is 1. The minimum Gasteiger partial charge on any atom is -0.480 e. The fourth-order valence-electron chi connectivity index (χ4n) is 2.93. The van der Waals surface area contributed by atoms with Gasteiger partial charge in [-0.25, -0.2) is 23.1 Å². The first-order chi connectivity index (χ1) is 12.3. The topological polar surface area (TPSA) is 156 Å². The zero-order valence-corrected chi connectivity index (χ0v) is 16.8. The highest BCUT2D eigenvalue weighted by Gasteiger charge is 2.38. The summed E-state index contributed by atoms with van der Waals surface area (Å²) in [6, 6.07) is -1.02. The molecule has 0 aromatic carbocycles. The first kappa shape index (κ1) is 23.2. The van der Waals surface area contributed by atoms with Crippen molar-refractivity contribution in [2.24, 2.45) is 11.1 Å². The van der Waals surface area contributed by atoms with Crippen LogP contribution in [-0.2, 0) is 24.3 Å². The number of carboxylic acid groups (broad SMARTS) is 1. The highest BCUT2D eigenvalue weighted by atomic mass is 32.2. The standard InChI is InChI=1S/C16H29N3O7S/c1-16(2,3)26-15(23)18-7-5-4-6-12(14(21)22)19-9-11(8-13(19)20)10-27(17,24)25/h11-12H,4-10H2,1-3H3,(H,18,23)(H,21,22)(H2,17,24,25)/t11?,12-/m0/s1. The van der Waals surface area contributed by atoms with Crippen LogP contribution in [0.25, 0.3) is 0 Å². The van der Waals surface area contributed by atoms with Gasteiger partial charge in [0.15, 0.2) is 0 Å². The van der Waals surface area contributed by atoms with Gasteiger partial charge in [-0.2, -0.15) is 0 Å². The molecule has 0 bridgehead atoms. The molecule has 27 heavy (non-hydrogen) atoms. The SMILES string of the molecule is CC(C)(C)OC(=O)NCCCC[C@@H](C(=O)O)N1CC(CS(N)(=O)=O)CC1=O. The Kier molecular flexibility index (Phi) is 8.03. The van der Waals surface area contributed by atoms with Crippen LogP contribution < -0.4 is 10.5 Å². The normalized spacial score (nSPS) is 19.0. The number of sulfonamides is 1. The zero-order valence-electron chi connectivity index (χ0n) is 15.9. The molecule has 156 valence electrons. The maximum Gasteiger partial charge on any atom is 0.407 e. The van der Waals surface area contributed by atoms with Crippen molar-refractivity contribution >= 4 is 28.0 Å². The summed E-state index contributed by atoms with van der Waals surface area (Å²) in [7, 11) is -3.72. The van der Waals surface area contributed by atoms with Crippen molar-refractivity contribution in [3.63, 3.8) is 0 Å². The van der Waals surface area contributed by atoms with Crippen LogP contribution in [0.2, 0.25) is 0 Å². The van der Waals surface area contributed by atoms with Crippen molar-refractivity contribution in [2.75, 3.05) is 18.8 Å². The van der Waals surface area contributed by atoms with Crippen molar-refractivity contribution in [1.29, 1.82) is 0 Å². The zero-order chi connectivity index (χ0) is 20.8. The van der Waals surface area contributed by atoms with Gasteiger partial charge in [0.05, 0.1) is 5.75 Å². The molecule has 1 heterocycles. The molecule has 1 aliphatic heterocycles. The van der Waals surface area contributed by atoms with Crippen molar-refractivity contribution in [3.05, 3.63) is 0 Å². The molecule has 2 amide bonds. The van der Waals surface area contributed by atoms with Gasteiger partial charge in [0.1, 0.15) is 11.6 Å². The van der Waals surface area contributed by atoms with Crippen LogP contribution >= 0.6 is 0 Å². The number of alkyl carbamates (subject to hydrolysis) is 1. The fraction of sp³-hybridized carbons (Fsp3) is 0.812. The number of amides is 2. The predicted octanol–water partition coefficient (Wildman–Crippen LogP) is 0.272. The number of hydrogen-bond acceptors (Lipinski definition) is 6. The van der Waals surface area contributed by atoms with Gasteiger partial charge < -0.3 is 20.1 Å². The highest BCUT2D eigenvalue weighted by Crippen LogP contribution is 2.23. The molecule has 11 heteroatoms. The van der Waals surface area contributed by atoms with E-state index in [9.17, 15) is 27.9 Å². The average Bonchev–Trinajstić information content (AvgIpc) is 2.78. The number of likely N-dealkylation sites (tertiary alicyclic amines) is 1. The first-order valence-electron chi connectivity index (χ1n) is 8.78. The molecule has 1 saturated heterocycles. The quantitative estimate of drug-likeness (QED) is 0.463. The van der Waals surface area contributed by atoms with Crippen LogP contribution in [0.1, 0.15) is 46.5 Å². The number of ether oxygens (including phenoxy) is 1. The summed E-state index contributed by atoms with van der Waals surface area (Å²) in [4.78, 5) is 36.3. The summed E-state index contributed by atoms with van der Waals surface area (Å²) < 4.78 is 27.4. The average molecular weight is 407 g/mol. The number of hydrogen-bond donors (Lipinski definition) is 3. The van der Waals surface area contributed by atoms with Crippen LogP contribution in [0.5, 0.6) is 0 Å². The van der Waals surface area contributed by atoms with E-state index in [-0.39, 0.29) is 31.0 Å². The Bertz CT molecular complexity index is 657. The van der Waals surface area contributed by atoms with Gasteiger partial charge >= 0.3 is 12.1 Å². The summed E-state index contributed by atoms with van der Waals surface area (Å²) in [5.74, 6) is -2.37. The molecule has 4 N–H and O–H groups in total. The number of nitrogens with one attached hydrogen (secondary N) is 1. The summed E-state index contributed by atoms with van der Waals surface area (Å²) >= 11 is 0. The smallest absolute Gasteiger partial charge is 0.407 e. The van der Waals surface area contributed by atoms with Gasteiger partial charge in [-0.1, -0.05) is 0 Å². The lowest BCUT2D eigenvalue weighted by Crippen LogP contribution is -2.42. The van der Waals surface area contributed by atoms with Crippen LogP contribution in [0.4, 0.5) is 4.79 Å². The van der Waals surface area contributed by atoms with Gasteiger partial charge in [0.25, 0.3) is 0 Å². The molecule has 0 spiro atoms. The lowest BCUT2D eigenvalue weighted by molar-refractivity contribution is -0.148. The van der Waals surface area contributed by atoms with Gasteiger partial charge in [0, 0.05) is 25.4 Å². The lowest BCUT2D eigenvalue weighted by atomic mass is 10.1. The second kappa shape index (κ2) is 9.36. The van der Waals surface area contributed by atoms with Gasteiger partial charge in [-0.15, -0.1) is 0 Å². The third-order valence-electron chi connectivity index (χ3n) is 3.94. The Morgan fingerprint density at radius 2 is 2.00 bits per heavy atom. The van der Waals surface area contributed by atoms with E-state index in [1.54, 1.807) is 20.8 Å². The summed E-state index contributed by atoms with van der Waals surface area (Å²) in [6.07, 6.45) is 0.625. The number of nitrogens with two attached hydrogens (primary N) is 1. The van der Waals surface area contributed by atoms with Crippen molar-refractivity contribution in [2.45, 2.75) is 58.1 Å². The molecule has 10 nitrogen and oxygen atoms in total. The van der Waals surface area contributed by atoms with E-state index in [4.69, 9.17) is 9.88 Å². The van der Waals surface area contributed by atoms with Gasteiger partial charge in [0.2, 0.25) is 15.9 Å². The molecule has 1 aliphatic rings. The molecule has 0 aromatic heterocycles. The van der Waals surface area contributed by atoms with Crippen LogP contribution in [0.3, 0.4) is 0 Å². The van der Waals surface area contributed by atoms with Crippen molar-refractivity contribution in [3.8, 4) is 0 Å². The lowest BCUT2D eigenvalue weighted by Gasteiger charge is -2.25. The molecule has 1 unspecified atom stereocenters. The molecule has 0 aromatic rings. The van der Waals surface area contributed by atoms with E-state index < -0.39 is 39.6 Å². The van der Waals surface area contributed by atoms with E-state index >= 15 is 0 Å². The minimum absolute atomic E-state index is 0.0274. The number of carboxylic acids is 1. The predicted molar refractivity (Wildman–Crippen MR) is 97.3 cm³/mol. The Labute approximate surface area is 159 Å². The van der Waals surface area contributed by atoms with Gasteiger partial charge in [-0.05, 0) is 40.0 Å². The number of unbranched alkanes of at least 4 members (excludes halogenated alkanes) is 1. The second-order valence-corrected chi connectivity index (χ2v) is 9.38. The number of carbonyl (C=O) groups is 3. The van der Waals surface area contributed by atoms with Crippen LogP contribution in [-0.4, -0.2) is 66.9 Å². The number of nitrogens with zero attached hydrogens (tertiary/aromatic N) is 1. The van der Waals surface area contributed by atoms with E-state index in [0.29, 0.717) is 19.4 Å². The number of aliphatic carboxylic acids is 1. The molecular weight excluding hydrogens is 378 g/mol. The third-order valence-corrected chi connectivity index (χ3v) is 4.88. The monoisotopic (exact) mass is 407 g/mol. The molecular formula is C16H29N3O7S. The first-order valence-corrected chi connectivity index (χ1v) is 10.5. The molecule has 1 fully saturated rings. The number of carbonyl (C=O) groups excluding carboxylic acids is 2. The minimum atomic E-state index is -3.72. The highest BCUT2D eigenvalue weighted by molar-refractivity contribution is 7.89. The molecule has 0 aliphatic carbocycles. The summed E-state index contributed by atoms with van der Waals surface area (Å²) in [5.41, 5.74) is -0.595. The second-order valence-electron chi connectivity index (χ2n) is 7.72. The molecule has 2 atom stereocenters. The Morgan fingerprint density at radius 1 is 1.37 bits per heavy atom. The Morgan fingerprint density at radius 3 is 2.52 bits per heavy atom. The maximum atomic E-state index is 12.1. The third kappa shape index (κ3) is 9.05. The maximum absolute atomic E-state index is 12.1. The Hall–Kier alpha value is -1.88.